The molecular formula is C22H25FN2O4. The van der Waals surface area contributed by atoms with Crippen LogP contribution in [0.25, 0.3) is 0 Å². The Bertz CT molecular complexity index is 896. The van der Waals surface area contributed by atoms with Gasteiger partial charge in [0.05, 0.1) is 26.5 Å². The van der Waals surface area contributed by atoms with Crippen molar-refractivity contribution in [1.82, 2.24) is 4.90 Å². The topological polar surface area (TPSA) is 51.2 Å². The number of nitrogens with zero attached hydrogens (tertiary/aromatic N) is 2. The third-order valence-corrected chi connectivity index (χ3v) is 5.60. The number of methoxy groups -OCH3 is 2. The van der Waals surface area contributed by atoms with Gasteiger partial charge in [-0.3, -0.25) is 9.69 Å². The number of anilines is 1. The number of ether oxygens (including phenoxy) is 3. The lowest BCUT2D eigenvalue weighted by Crippen LogP contribution is -2.50. The fraction of sp³-hybridized carbons (Fsp3) is 0.409. The zero-order chi connectivity index (χ0) is 20.4. The molecule has 2 aliphatic heterocycles. The molecule has 0 aromatic heterocycles. The van der Waals surface area contributed by atoms with E-state index in [1.54, 1.807) is 38.5 Å². The van der Waals surface area contributed by atoms with Crippen molar-refractivity contribution >= 4 is 11.5 Å². The molecule has 2 aromatic rings. The molecule has 1 unspecified atom stereocenters. The maximum Gasteiger partial charge on any atom is 0.193 e. The highest BCUT2D eigenvalue weighted by molar-refractivity contribution is 6.02. The largest absolute Gasteiger partial charge is 0.493 e. The highest BCUT2D eigenvalue weighted by atomic mass is 19.1. The Hall–Kier alpha value is -2.64. The molecule has 4 rings (SSSR count). The SMILES string of the molecule is COc1cc2c(cc1OC)C(=O)C(CN1CCN(c3ccccc3F)CC1)OC2. The second-order valence-electron chi connectivity index (χ2n) is 7.27. The van der Waals surface area contributed by atoms with Crippen LogP contribution in [0.2, 0.25) is 0 Å². The first kappa shape index (κ1) is 19.7. The summed E-state index contributed by atoms with van der Waals surface area (Å²) in [6, 6.07) is 10.4. The predicted octanol–water partition coefficient (Wildman–Crippen LogP) is 2.75. The number of para-hydroxylation sites is 1. The monoisotopic (exact) mass is 400 g/mol. The quantitative estimate of drug-likeness (QED) is 0.769. The third kappa shape index (κ3) is 3.93. The number of carbonyl (C=O) groups excluding carboxylic acids is 1. The summed E-state index contributed by atoms with van der Waals surface area (Å²) in [5.74, 6) is 0.889. The number of Topliss-reactive ketones (excluding diaryl/α,β-unsaturated/α-hetero) is 1. The fourth-order valence-electron chi connectivity index (χ4n) is 3.96. The minimum absolute atomic E-state index is 0.0382. The van der Waals surface area contributed by atoms with Crippen LogP contribution in [0.1, 0.15) is 15.9 Å². The molecule has 1 atom stereocenters. The first-order valence-corrected chi connectivity index (χ1v) is 9.73. The van der Waals surface area contributed by atoms with E-state index in [1.165, 1.54) is 6.07 Å². The molecule has 2 heterocycles. The highest BCUT2D eigenvalue weighted by Crippen LogP contribution is 2.34. The van der Waals surface area contributed by atoms with Crippen LogP contribution in [0.5, 0.6) is 11.5 Å². The molecule has 0 amide bonds. The van der Waals surface area contributed by atoms with Crippen LogP contribution < -0.4 is 14.4 Å². The van der Waals surface area contributed by atoms with E-state index < -0.39 is 6.10 Å². The second kappa shape index (κ2) is 8.39. The molecule has 7 heteroatoms. The summed E-state index contributed by atoms with van der Waals surface area (Å²) in [5.41, 5.74) is 2.07. The van der Waals surface area contributed by atoms with Crippen LogP contribution in [-0.4, -0.2) is 63.7 Å². The van der Waals surface area contributed by atoms with Crippen LogP contribution in [0.15, 0.2) is 36.4 Å². The maximum absolute atomic E-state index is 14.0. The average molecular weight is 400 g/mol. The van der Waals surface area contributed by atoms with E-state index in [1.807, 2.05) is 11.0 Å². The average Bonchev–Trinajstić information content (AvgIpc) is 2.76. The standard InChI is InChI=1S/C22H25FN2O4/c1-27-19-11-15-14-29-21(22(26)16(15)12-20(19)28-2)13-24-7-9-25(10-8-24)18-6-4-3-5-17(18)23/h3-6,11-12,21H,7-10,13-14H2,1-2H3. The summed E-state index contributed by atoms with van der Waals surface area (Å²) >= 11 is 0. The van der Waals surface area contributed by atoms with Gasteiger partial charge in [-0.05, 0) is 29.8 Å². The zero-order valence-corrected chi connectivity index (χ0v) is 16.7. The molecule has 0 spiro atoms. The van der Waals surface area contributed by atoms with Gasteiger partial charge in [-0.2, -0.15) is 0 Å². The summed E-state index contributed by atoms with van der Waals surface area (Å²) in [7, 11) is 3.13. The number of rotatable bonds is 5. The van der Waals surface area contributed by atoms with E-state index in [2.05, 4.69) is 4.90 Å². The van der Waals surface area contributed by atoms with Gasteiger partial charge in [-0.15, -0.1) is 0 Å². The molecule has 154 valence electrons. The van der Waals surface area contributed by atoms with Crippen LogP contribution in [-0.2, 0) is 11.3 Å². The van der Waals surface area contributed by atoms with Crippen LogP contribution in [0, 0.1) is 5.82 Å². The summed E-state index contributed by atoms with van der Waals surface area (Å²) in [4.78, 5) is 17.2. The van der Waals surface area contributed by atoms with E-state index >= 15 is 0 Å². The lowest BCUT2D eigenvalue weighted by Gasteiger charge is -2.38. The minimum Gasteiger partial charge on any atom is -0.493 e. The van der Waals surface area contributed by atoms with E-state index in [0.717, 1.165) is 18.7 Å². The normalized spacial score (nSPS) is 19.8. The summed E-state index contributed by atoms with van der Waals surface area (Å²) < 4.78 is 30.5. The van der Waals surface area contributed by atoms with Gasteiger partial charge < -0.3 is 19.1 Å². The van der Waals surface area contributed by atoms with E-state index in [-0.39, 0.29) is 11.6 Å². The van der Waals surface area contributed by atoms with Gasteiger partial charge in [0, 0.05) is 38.3 Å². The minimum atomic E-state index is -0.513. The van der Waals surface area contributed by atoms with Crippen LogP contribution in [0.3, 0.4) is 0 Å². The van der Waals surface area contributed by atoms with Gasteiger partial charge in [0.1, 0.15) is 11.9 Å². The number of hydrogen-bond donors (Lipinski definition) is 0. The molecule has 1 saturated heterocycles. The Kier molecular flexibility index (Phi) is 5.69. The molecule has 2 aliphatic rings. The van der Waals surface area contributed by atoms with E-state index in [9.17, 15) is 9.18 Å². The second-order valence-corrected chi connectivity index (χ2v) is 7.27. The van der Waals surface area contributed by atoms with E-state index in [0.29, 0.717) is 49.0 Å². The van der Waals surface area contributed by atoms with Crippen molar-refractivity contribution in [2.75, 3.05) is 51.8 Å². The Morgan fingerprint density at radius 3 is 2.45 bits per heavy atom. The molecule has 0 N–H and O–H groups in total. The predicted molar refractivity (Wildman–Crippen MR) is 108 cm³/mol. The summed E-state index contributed by atoms with van der Waals surface area (Å²) in [5, 5.41) is 0. The first-order chi connectivity index (χ1) is 14.1. The number of fused-ring (bicyclic) bond motifs is 1. The maximum atomic E-state index is 14.0. The van der Waals surface area contributed by atoms with Gasteiger partial charge in [-0.25, -0.2) is 4.39 Å². The Labute approximate surface area is 169 Å². The van der Waals surface area contributed by atoms with Gasteiger partial charge in [-0.1, -0.05) is 12.1 Å². The molecule has 0 bridgehead atoms. The Morgan fingerprint density at radius 1 is 1.07 bits per heavy atom. The number of halogens is 1. The van der Waals surface area contributed by atoms with Gasteiger partial charge >= 0.3 is 0 Å². The molecule has 2 aromatic carbocycles. The van der Waals surface area contributed by atoms with Crippen molar-refractivity contribution in [2.45, 2.75) is 12.7 Å². The fourth-order valence-corrected chi connectivity index (χ4v) is 3.96. The molecule has 0 aliphatic carbocycles. The van der Waals surface area contributed by atoms with Crippen molar-refractivity contribution in [3.8, 4) is 11.5 Å². The summed E-state index contributed by atoms with van der Waals surface area (Å²) in [6.45, 7) is 3.81. The number of hydrogen-bond acceptors (Lipinski definition) is 6. The van der Waals surface area contributed by atoms with E-state index in [4.69, 9.17) is 14.2 Å². The zero-order valence-electron chi connectivity index (χ0n) is 16.7. The van der Waals surface area contributed by atoms with Gasteiger partial charge in [0.25, 0.3) is 0 Å². The van der Waals surface area contributed by atoms with Crippen molar-refractivity contribution in [2.24, 2.45) is 0 Å². The number of benzene rings is 2. The lowest BCUT2D eigenvalue weighted by atomic mass is 9.96. The van der Waals surface area contributed by atoms with Gasteiger partial charge in [0.15, 0.2) is 17.3 Å². The lowest BCUT2D eigenvalue weighted by molar-refractivity contribution is 0.00987. The van der Waals surface area contributed by atoms with Gasteiger partial charge in [0.2, 0.25) is 0 Å². The van der Waals surface area contributed by atoms with Crippen molar-refractivity contribution in [3.63, 3.8) is 0 Å². The first-order valence-electron chi connectivity index (χ1n) is 9.73. The summed E-state index contributed by atoms with van der Waals surface area (Å²) in [6.07, 6.45) is -0.513. The molecule has 6 nitrogen and oxygen atoms in total. The van der Waals surface area contributed by atoms with Crippen molar-refractivity contribution < 1.29 is 23.4 Å². The smallest absolute Gasteiger partial charge is 0.193 e. The number of carbonyl (C=O) groups is 1. The highest BCUT2D eigenvalue weighted by Gasteiger charge is 2.32. The third-order valence-electron chi connectivity index (χ3n) is 5.60. The Balaban J connectivity index is 1.40. The molecule has 29 heavy (non-hydrogen) atoms. The number of piperazine rings is 1. The molecule has 0 saturated carbocycles. The van der Waals surface area contributed by atoms with Crippen LogP contribution >= 0.6 is 0 Å². The van der Waals surface area contributed by atoms with Crippen molar-refractivity contribution in [3.05, 3.63) is 53.3 Å². The molecule has 1 fully saturated rings. The Morgan fingerprint density at radius 2 is 1.76 bits per heavy atom. The molecular weight excluding hydrogens is 375 g/mol. The van der Waals surface area contributed by atoms with Crippen molar-refractivity contribution in [1.29, 1.82) is 0 Å². The molecule has 0 radical (unpaired) electrons. The van der Waals surface area contributed by atoms with Crippen LogP contribution in [0.4, 0.5) is 10.1 Å². The number of ketones is 1.